The number of halogens is 5. The van der Waals surface area contributed by atoms with Crippen molar-refractivity contribution in [2.75, 3.05) is 0 Å². The van der Waals surface area contributed by atoms with Crippen LogP contribution < -0.4 is 0 Å². The monoisotopic (exact) mass is 360 g/mol. The Hall–Kier alpha value is -1.79. The summed E-state index contributed by atoms with van der Waals surface area (Å²) in [4.78, 5) is 8.77. The smallest absolute Gasteiger partial charge is 0.374 e. The maximum Gasteiger partial charge on any atom is 0.435 e. The zero-order valence-electron chi connectivity index (χ0n) is 11.4. The van der Waals surface area contributed by atoms with Gasteiger partial charge in [-0.25, -0.2) is 0 Å². The molecule has 2 aromatic rings. The zero-order chi connectivity index (χ0) is 16.7. The molecule has 0 saturated heterocycles. The van der Waals surface area contributed by atoms with E-state index >= 15 is 0 Å². The van der Waals surface area contributed by atoms with E-state index in [9.17, 15) is 13.2 Å². The van der Waals surface area contributed by atoms with Crippen LogP contribution in [0.4, 0.5) is 13.2 Å². The molecule has 0 fully saturated rings. The van der Waals surface area contributed by atoms with Crippen molar-refractivity contribution in [1.82, 2.24) is 4.98 Å². The normalized spacial score (nSPS) is 21.0. The van der Waals surface area contributed by atoms with E-state index in [1.165, 1.54) is 30.6 Å². The van der Waals surface area contributed by atoms with Crippen molar-refractivity contribution in [3.8, 4) is 0 Å². The Morgan fingerprint density at radius 3 is 2.39 bits per heavy atom. The highest BCUT2D eigenvalue weighted by Crippen LogP contribution is 2.49. The van der Waals surface area contributed by atoms with E-state index in [1.807, 2.05) is 0 Å². The van der Waals surface area contributed by atoms with Gasteiger partial charge in [0.2, 0.25) is 0 Å². The number of alkyl halides is 3. The predicted molar refractivity (Wildman–Crippen MR) is 80.7 cm³/mol. The minimum absolute atomic E-state index is 0.0922. The molecule has 0 amide bonds. The molecule has 120 valence electrons. The topological polar surface area (TPSA) is 34.5 Å². The third-order valence-electron chi connectivity index (χ3n) is 3.51. The van der Waals surface area contributed by atoms with Gasteiger partial charge >= 0.3 is 6.18 Å². The number of benzene rings is 1. The Morgan fingerprint density at radius 1 is 1.13 bits per heavy atom. The van der Waals surface area contributed by atoms with Gasteiger partial charge in [0.25, 0.3) is 5.60 Å². The van der Waals surface area contributed by atoms with Crippen molar-refractivity contribution in [2.24, 2.45) is 5.16 Å². The standard InChI is InChI=1S/C15H9Cl2F3N2O/c16-11-4-10(5-12(17)6-11)14(15(18,19)20)7-13(22-23-14)9-2-1-3-21-8-9/h1-6,8H,7H2. The number of nitrogens with zero attached hydrogens (tertiary/aromatic N) is 2. The van der Waals surface area contributed by atoms with Crippen molar-refractivity contribution >= 4 is 28.9 Å². The first-order valence-corrected chi connectivity index (χ1v) is 7.26. The van der Waals surface area contributed by atoms with Gasteiger partial charge in [-0.05, 0) is 30.3 Å². The van der Waals surface area contributed by atoms with Gasteiger partial charge in [0.1, 0.15) is 0 Å². The van der Waals surface area contributed by atoms with Gasteiger partial charge in [-0.1, -0.05) is 28.4 Å². The summed E-state index contributed by atoms with van der Waals surface area (Å²) in [6.07, 6.45) is -2.24. The molecule has 1 aliphatic heterocycles. The van der Waals surface area contributed by atoms with Crippen molar-refractivity contribution in [3.63, 3.8) is 0 Å². The highest BCUT2D eigenvalue weighted by molar-refractivity contribution is 6.34. The number of hydrogen-bond acceptors (Lipinski definition) is 3. The van der Waals surface area contributed by atoms with E-state index in [4.69, 9.17) is 28.0 Å². The Morgan fingerprint density at radius 2 is 1.83 bits per heavy atom. The summed E-state index contributed by atoms with van der Waals surface area (Å²) in [7, 11) is 0. The van der Waals surface area contributed by atoms with Gasteiger partial charge in [0.05, 0.1) is 12.1 Å². The molecule has 2 heterocycles. The van der Waals surface area contributed by atoms with Crippen molar-refractivity contribution in [1.29, 1.82) is 0 Å². The van der Waals surface area contributed by atoms with Crippen LogP contribution >= 0.6 is 23.2 Å². The fourth-order valence-corrected chi connectivity index (χ4v) is 2.91. The van der Waals surface area contributed by atoms with Crippen molar-refractivity contribution in [2.45, 2.75) is 18.2 Å². The van der Waals surface area contributed by atoms with Gasteiger partial charge in [0.15, 0.2) is 0 Å². The molecule has 1 aromatic heterocycles. The summed E-state index contributed by atoms with van der Waals surface area (Å²) < 4.78 is 41.3. The third kappa shape index (κ3) is 2.88. The average molecular weight is 361 g/mol. The summed E-state index contributed by atoms with van der Waals surface area (Å²) in [6, 6.07) is 6.95. The van der Waals surface area contributed by atoms with E-state index in [1.54, 1.807) is 12.1 Å². The van der Waals surface area contributed by atoms with Crippen LogP contribution in [0.3, 0.4) is 0 Å². The number of pyridine rings is 1. The van der Waals surface area contributed by atoms with Crippen LogP contribution in [-0.2, 0) is 10.4 Å². The molecule has 0 spiro atoms. The van der Waals surface area contributed by atoms with Crippen LogP contribution in [0.15, 0.2) is 47.9 Å². The SMILES string of the molecule is FC(F)(F)C1(c2cc(Cl)cc(Cl)c2)CC(c2cccnc2)=NO1. The largest absolute Gasteiger partial charge is 0.435 e. The first kappa shape index (κ1) is 16.1. The number of rotatable bonds is 2. The lowest BCUT2D eigenvalue weighted by molar-refractivity contribution is -0.275. The first-order chi connectivity index (χ1) is 10.8. The molecule has 3 nitrogen and oxygen atoms in total. The minimum Gasteiger partial charge on any atom is -0.374 e. The lowest BCUT2D eigenvalue weighted by Gasteiger charge is -2.29. The second-order valence-electron chi connectivity index (χ2n) is 5.03. The molecule has 1 aromatic carbocycles. The molecule has 3 rings (SSSR count). The van der Waals surface area contributed by atoms with Crippen molar-refractivity contribution in [3.05, 3.63) is 63.9 Å². The predicted octanol–water partition coefficient (Wildman–Crippen LogP) is 4.97. The molecule has 1 unspecified atom stereocenters. The van der Waals surface area contributed by atoms with E-state index in [-0.39, 0.29) is 21.3 Å². The van der Waals surface area contributed by atoms with Crippen molar-refractivity contribution < 1.29 is 18.0 Å². The van der Waals surface area contributed by atoms with Crippen LogP contribution in [0.5, 0.6) is 0 Å². The van der Waals surface area contributed by atoms with Gasteiger partial charge in [-0.15, -0.1) is 0 Å². The van der Waals surface area contributed by atoms with Gasteiger partial charge in [0, 0.05) is 33.6 Å². The van der Waals surface area contributed by atoms with E-state index in [0.717, 1.165) is 0 Å². The van der Waals surface area contributed by atoms with Crippen LogP contribution in [-0.4, -0.2) is 16.9 Å². The molecule has 1 aliphatic rings. The molecule has 0 saturated carbocycles. The molecule has 0 radical (unpaired) electrons. The Labute approximate surface area is 139 Å². The molecule has 0 bridgehead atoms. The molecule has 0 aliphatic carbocycles. The molecular formula is C15H9Cl2F3N2O. The Kier molecular flexibility index (Phi) is 3.98. The first-order valence-electron chi connectivity index (χ1n) is 6.50. The number of hydrogen-bond donors (Lipinski definition) is 0. The Bertz CT molecular complexity index is 745. The van der Waals surface area contributed by atoms with E-state index in [2.05, 4.69) is 10.1 Å². The minimum atomic E-state index is -4.70. The van der Waals surface area contributed by atoms with E-state index in [0.29, 0.717) is 5.56 Å². The Balaban J connectivity index is 2.05. The second kappa shape index (κ2) is 5.69. The summed E-state index contributed by atoms with van der Waals surface area (Å²) in [5.41, 5.74) is -2.18. The number of oxime groups is 1. The highest BCUT2D eigenvalue weighted by atomic mass is 35.5. The second-order valence-corrected chi connectivity index (χ2v) is 5.90. The van der Waals surface area contributed by atoms with E-state index < -0.39 is 18.2 Å². The fourth-order valence-electron chi connectivity index (χ4n) is 2.38. The molecule has 23 heavy (non-hydrogen) atoms. The summed E-state index contributed by atoms with van der Waals surface area (Å²) in [6.45, 7) is 0. The summed E-state index contributed by atoms with van der Waals surface area (Å²) >= 11 is 11.7. The maximum absolute atomic E-state index is 13.8. The quantitative estimate of drug-likeness (QED) is 0.757. The lowest BCUT2D eigenvalue weighted by atomic mass is 9.87. The van der Waals surface area contributed by atoms with Gasteiger partial charge in [-0.2, -0.15) is 13.2 Å². The number of aromatic nitrogens is 1. The molecule has 0 N–H and O–H groups in total. The van der Waals surface area contributed by atoms with Crippen LogP contribution in [0.2, 0.25) is 10.0 Å². The maximum atomic E-state index is 13.8. The highest BCUT2D eigenvalue weighted by Gasteiger charge is 2.62. The summed E-state index contributed by atoms with van der Waals surface area (Å²) in [5, 5.41) is 3.82. The molecule has 8 heteroatoms. The van der Waals surface area contributed by atoms with Gasteiger partial charge < -0.3 is 4.84 Å². The third-order valence-corrected chi connectivity index (χ3v) is 3.95. The van der Waals surface area contributed by atoms with Crippen LogP contribution in [0.1, 0.15) is 17.5 Å². The lowest BCUT2D eigenvalue weighted by Crippen LogP contribution is -2.42. The van der Waals surface area contributed by atoms with Crippen LogP contribution in [0, 0.1) is 0 Å². The van der Waals surface area contributed by atoms with Gasteiger partial charge in [-0.3, -0.25) is 4.98 Å². The zero-order valence-corrected chi connectivity index (χ0v) is 13.0. The summed E-state index contributed by atoms with van der Waals surface area (Å²) in [5.74, 6) is 0. The van der Waals surface area contributed by atoms with Crippen LogP contribution in [0.25, 0.3) is 0 Å². The molecular weight excluding hydrogens is 352 g/mol. The average Bonchev–Trinajstić information content (AvgIpc) is 2.93. The molecule has 1 atom stereocenters. The fraction of sp³-hybridized carbons (Fsp3) is 0.200.